The lowest BCUT2D eigenvalue weighted by Crippen LogP contribution is -3.00. The largest absolute Gasteiger partial charge is 1.00 e. The summed E-state index contributed by atoms with van der Waals surface area (Å²) in [5.74, 6) is 1.05. The van der Waals surface area contributed by atoms with E-state index in [-0.39, 0.29) is 24.0 Å². The highest BCUT2D eigenvalue weighted by atomic mass is 127. The summed E-state index contributed by atoms with van der Waals surface area (Å²) in [5, 5.41) is 7.44. The minimum absolute atomic E-state index is 0. The van der Waals surface area contributed by atoms with Gasteiger partial charge in [-0.3, -0.25) is 0 Å². The van der Waals surface area contributed by atoms with Crippen molar-refractivity contribution in [2.24, 2.45) is 0 Å². The average Bonchev–Trinajstić information content (AvgIpc) is 2.43. The van der Waals surface area contributed by atoms with Gasteiger partial charge in [0.15, 0.2) is 6.67 Å². The monoisotopic (exact) mass is 310 g/mol. The van der Waals surface area contributed by atoms with E-state index in [9.17, 15) is 0 Å². The van der Waals surface area contributed by atoms with E-state index in [4.69, 9.17) is 0 Å². The molecule has 0 aliphatic carbocycles. The van der Waals surface area contributed by atoms with Gasteiger partial charge in [-0.25, -0.2) is 0 Å². The van der Waals surface area contributed by atoms with Gasteiger partial charge < -0.3 is 24.0 Å². The summed E-state index contributed by atoms with van der Waals surface area (Å²) in [7, 11) is 1.99. The number of thioether (sulfide) groups is 1. The van der Waals surface area contributed by atoms with Crippen LogP contribution in [0.25, 0.3) is 0 Å². The van der Waals surface area contributed by atoms with Crippen LogP contribution in [0.2, 0.25) is 0 Å². The van der Waals surface area contributed by atoms with Gasteiger partial charge in [0.2, 0.25) is 0 Å². The van der Waals surface area contributed by atoms with Gasteiger partial charge in [-0.1, -0.05) is 5.10 Å². The molecular weight excluding hydrogens is 299 g/mol. The van der Waals surface area contributed by atoms with Crippen molar-refractivity contribution in [3.63, 3.8) is 0 Å². The SMILES string of the molecule is CSc1ccc2[n+](n1)CN(C)N2.[I-]. The summed E-state index contributed by atoms with van der Waals surface area (Å²) >= 11 is 1.66. The van der Waals surface area contributed by atoms with E-state index in [2.05, 4.69) is 10.5 Å². The third kappa shape index (κ3) is 2.23. The lowest BCUT2D eigenvalue weighted by Gasteiger charge is -1.94. The molecule has 1 aromatic rings. The van der Waals surface area contributed by atoms with Gasteiger partial charge in [-0.15, -0.1) is 21.5 Å². The summed E-state index contributed by atoms with van der Waals surface area (Å²) in [4.78, 5) is 0. The fourth-order valence-corrected chi connectivity index (χ4v) is 1.57. The van der Waals surface area contributed by atoms with Gasteiger partial charge in [0.1, 0.15) is 5.03 Å². The van der Waals surface area contributed by atoms with Crippen LogP contribution in [0.15, 0.2) is 17.2 Å². The van der Waals surface area contributed by atoms with E-state index < -0.39 is 0 Å². The molecule has 0 unspecified atom stereocenters. The molecular formula is C7H11IN4S. The van der Waals surface area contributed by atoms with E-state index in [0.717, 1.165) is 17.5 Å². The normalized spacial score (nSPS) is 14.6. The van der Waals surface area contributed by atoms with Gasteiger partial charge >= 0.3 is 5.82 Å². The van der Waals surface area contributed by atoms with Crippen LogP contribution < -0.4 is 34.1 Å². The minimum Gasteiger partial charge on any atom is -1.00 e. The lowest BCUT2D eigenvalue weighted by atomic mass is 10.5. The number of nitrogens with one attached hydrogen (secondary N) is 1. The van der Waals surface area contributed by atoms with Crippen LogP contribution in [0.5, 0.6) is 0 Å². The number of hydrazine groups is 1. The van der Waals surface area contributed by atoms with E-state index in [0.29, 0.717) is 0 Å². The van der Waals surface area contributed by atoms with E-state index >= 15 is 0 Å². The molecule has 0 atom stereocenters. The second-order valence-electron chi connectivity index (χ2n) is 2.71. The molecule has 6 heteroatoms. The molecule has 2 heterocycles. The number of rotatable bonds is 1. The van der Waals surface area contributed by atoms with Crippen LogP contribution in [0, 0.1) is 0 Å². The zero-order valence-electron chi connectivity index (χ0n) is 7.49. The van der Waals surface area contributed by atoms with E-state index in [1.54, 1.807) is 11.8 Å². The van der Waals surface area contributed by atoms with Gasteiger partial charge in [0.25, 0.3) is 0 Å². The molecule has 0 fully saturated rings. The maximum absolute atomic E-state index is 4.40. The highest BCUT2D eigenvalue weighted by Crippen LogP contribution is 2.12. The minimum atomic E-state index is 0. The number of hydrogen-bond acceptors (Lipinski definition) is 4. The van der Waals surface area contributed by atoms with Crippen LogP contribution in [-0.4, -0.2) is 23.4 Å². The Morgan fingerprint density at radius 3 is 3.08 bits per heavy atom. The van der Waals surface area contributed by atoms with Crippen molar-refractivity contribution in [2.75, 3.05) is 18.7 Å². The Balaban J connectivity index is 0.000000845. The Labute approximate surface area is 98.7 Å². The molecule has 72 valence electrons. The molecule has 0 aromatic carbocycles. The average molecular weight is 310 g/mol. The summed E-state index contributed by atoms with van der Waals surface area (Å²) < 4.78 is 1.95. The fourth-order valence-electron chi connectivity index (χ4n) is 1.19. The Kier molecular flexibility index (Phi) is 3.74. The van der Waals surface area contributed by atoms with Gasteiger partial charge in [-0.2, -0.15) is 5.43 Å². The molecule has 0 radical (unpaired) electrons. The Morgan fingerprint density at radius 2 is 2.38 bits per heavy atom. The highest BCUT2D eigenvalue weighted by molar-refractivity contribution is 7.98. The molecule has 1 aliphatic heterocycles. The molecule has 4 nitrogen and oxygen atoms in total. The first-order valence-corrected chi connectivity index (χ1v) is 4.95. The molecule has 0 amide bonds. The van der Waals surface area contributed by atoms with Gasteiger partial charge in [-0.05, 0) is 12.3 Å². The number of nitrogens with zero attached hydrogens (tertiary/aromatic N) is 3. The number of fused-ring (bicyclic) bond motifs is 1. The maximum atomic E-state index is 4.40. The van der Waals surface area contributed by atoms with Crippen LogP contribution >= 0.6 is 11.8 Å². The predicted octanol–water partition coefficient (Wildman–Crippen LogP) is -2.68. The Hall–Kier alpha value is -0.0800. The van der Waals surface area contributed by atoms with Gasteiger partial charge in [0.05, 0.1) is 0 Å². The van der Waals surface area contributed by atoms with Crippen LogP contribution in [-0.2, 0) is 6.67 Å². The number of anilines is 1. The lowest BCUT2D eigenvalue weighted by molar-refractivity contribution is -0.745. The van der Waals surface area contributed by atoms with Crippen LogP contribution in [0.1, 0.15) is 0 Å². The molecule has 1 aromatic heterocycles. The number of hydrogen-bond donors (Lipinski definition) is 1. The number of aromatic nitrogens is 2. The Bertz CT molecular complexity index is 307. The highest BCUT2D eigenvalue weighted by Gasteiger charge is 2.23. The topological polar surface area (TPSA) is 32.0 Å². The van der Waals surface area contributed by atoms with Crippen molar-refractivity contribution in [3.8, 4) is 0 Å². The predicted molar refractivity (Wildman–Crippen MR) is 47.6 cm³/mol. The van der Waals surface area contributed by atoms with Gasteiger partial charge in [0, 0.05) is 13.1 Å². The molecule has 0 bridgehead atoms. The zero-order chi connectivity index (χ0) is 8.55. The van der Waals surface area contributed by atoms with Crippen molar-refractivity contribution >= 4 is 17.6 Å². The maximum Gasteiger partial charge on any atom is 0.315 e. The van der Waals surface area contributed by atoms with Crippen molar-refractivity contribution < 1.29 is 28.7 Å². The standard InChI is InChI=1S/C7H10N4S.HI/c1-10-5-11-6(8-10)3-4-7(9-11)12-2;/h3-4H,5H2,1-2H3;1H. The fraction of sp³-hybridized carbons (Fsp3) is 0.429. The molecule has 1 aliphatic rings. The van der Waals surface area contributed by atoms with Crippen molar-refractivity contribution in [2.45, 2.75) is 11.7 Å². The van der Waals surface area contributed by atoms with Crippen molar-refractivity contribution in [1.82, 2.24) is 10.1 Å². The molecule has 1 N–H and O–H groups in total. The summed E-state index contributed by atoms with van der Waals surface area (Å²) in [6.45, 7) is 0.809. The molecule has 0 saturated heterocycles. The third-order valence-corrected chi connectivity index (χ3v) is 2.38. The third-order valence-electron chi connectivity index (χ3n) is 1.74. The van der Waals surface area contributed by atoms with Crippen LogP contribution in [0.4, 0.5) is 5.82 Å². The first-order chi connectivity index (χ1) is 5.79. The van der Waals surface area contributed by atoms with Crippen molar-refractivity contribution in [3.05, 3.63) is 12.1 Å². The Morgan fingerprint density at radius 1 is 1.62 bits per heavy atom. The first kappa shape index (κ1) is 11.0. The number of halogens is 1. The van der Waals surface area contributed by atoms with E-state index in [1.807, 2.05) is 35.1 Å². The first-order valence-electron chi connectivity index (χ1n) is 3.72. The van der Waals surface area contributed by atoms with Crippen molar-refractivity contribution in [1.29, 1.82) is 0 Å². The summed E-state index contributed by atoms with van der Waals surface area (Å²) in [5.41, 5.74) is 3.17. The zero-order valence-corrected chi connectivity index (χ0v) is 10.5. The smallest absolute Gasteiger partial charge is 0.315 e. The molecule has 0 saturated carbocycles. The second kappa shape index (κ2) is 4.43. The molecule has 13 heavy (non-hydrogen) atoms. The summed E-state index contributed by atoms with van der Waals surface area (Å²) in [6.07, 6.45) is 2.03. The second-order valence-corrected chi connectivity index (χ2v) is 3.54. The van der Waals surface area contributed by atoms with Crippen LogP contribution in [0.3, 0.4) is 0 Å². The molecule has 2 rings (SSSR count). The summed E-state index contributed by atoms with van der Waals surface area (Å²) in [6, 6.07) is 4.06. The molecule has 0 spiro atoms. The van der Waals surface area contributed by atoms with E-state index in [1.165, 1.54) is 0 Å². The quantitative estimate of drug-likeness (QED) is 0.348.